The Kier molecular flexibility index (Phi) is 6.01. The number of amides is 2. The number of benzene rings is 2. The van der Waals surface area contributed by atoms with E-state index in [1.807, 2.05) is 36.4 Å². The van der Waals surface area contributed by atoms with Crippen molar-refractivity contribution in [1.82, 2.24) is 4.90 Å². The number of piperazine rings is 1. The first-order valence-corrected chi connectivity index (χ1v) is 11.9. The van der Waals surface area contributed by atoms with Crippen molar-refractivity contribution >= 4 is 67.8 Å². The number of rotatable bonds is 4. The third kappa shape index (κ3) is 4.31. The summed E-state index contributed by atoms with van der Waals surface area (Å²) < 4.78 is 6.18. The molecule has 1 fully saturated rings. The van der Waals surface area contributed by atoms with Crippen LogP contribution in [0, 0.1) is 0 Å². The fourth-order valence-electron chi connectivity index (χ4n) is 3.90. The first kappa shape index (κ1) is 21.8. The van der Waals surface area contributed by atoms with Crippen molar-refractivity contribution in [2.24, 2.45) is 0 Å². The average Bonchev–Trinajstić information content (AvgIpc) is 3.48. The monoisotopic (exact) mass is 499 g/mol. The maximum Gasteiger partial charge on any atom is 0.289 e. The average molecular weight is 500 g/mol. The maximum atomic E-state index is 12.8. The first-order valence-electron chi connectivity index (χ1n) is 10.4. The van der Waals surface area contributed by atoms with Crippen LogP contribution in [0.15, 0.2) is 65.3 Å². The Hall–Kier alpha value is -3.00. The van der Waals surface area contributed by atoms with E-state index in [9.17, 15) is 9.59 Å². The third-order valence-electron chi connectivity index (χ3n) is 5.59. The van der Waals surface area contributed by atoms with Gasteiger partial charge in [0.15, 0.2) is 5.76 Å². The molecule has 0 unspecified atom stereocenters. The molecule has 3 heterocycles. The van der Waals surface area contributed by atoms with Crippen LogP contribution < -0.4 is 10.2 Å². The SMILES string of the molecule is O=C(Nc1ccc(N2CCN(C(=O)c3ccco3)CC2)c(Cl)c1)c1sc2ccccc2c1Cl. The molecule has 9 heteroatoms. The van der Waals surface area contributed by atoms with Crippen molar-refractivity contribution in [1.29, 1.82) is 0 Å². The van der Waals surface area contributed by atoms with Gasteiger partial charge in [0.25, 0.3) is 11.8 Å². The maximum absolute atomic E-state index is 12.8. The summed E-state index contributed by atoms with van der Waals surface area (Å²) >= 11 is 14.3. The standard InChI is InChI=1S/C24H19Cl2N3O3S/c25-17-14-15(27-23(30)22-21(26)16-4-1-2-6-20(16)33-22)7-8-18(17)28-9-11-29(12-10-28)24(31)19-5-3-13-32-19/h1-8,13-14H,9-12H2,(H,27,30). The molecule has 0 bridgehead atoms. The second-order valence-electron chi connectivity index (χ2n) is 7.62. The Balaban J connectivity index is 1.25. The zero-order valence-corrected chi connectivity index (χ0v) is 19.7. The van der Waals surface area contributed by atoms with Gasteiger partial charge in [-0.1, -0.05) is 41.4 Å². The van der Waals surface area contributed by atoms with E-state index in [0.29, 0.717) is 52.5 Å². The fraction of sp³-hybridized carbons (Fsp3) is 0.167. The van der Waals surface area contributed by atoms with Gasteiger partial charge in [-0.25, -0.2) is 0 Å². The van der Waals surface area contributed by atoms with Crippen LogP contribution in [-0.4, -0.2) is 42.9 Å². The van der Waals surface area contributed by atoms with Gasteiger partial charge in [0.1, 0.15) is 4.88 Å². The molecule has 0 saturated carbocycles. The van der Waals surface area contributed by atoms with E-state index in [2.05, 4.69) is 10.2 Å². The molecular weight excluding hydrogens is 481 g/mol. The topological polar surface area (TPSA) is 65.8 Å². The summed E-state index contributed by atoms with van der Waals surface area (Å²) in [6.45, 7) is 2.43. The van der Waals surface area contributed by atoms with Gasteiger partial charge in [-0.15, -0.1) is 11.3 Å². The largest absolute Gasteiger partial charge is 0.459 e. The lowest BCUT2D eigenvalue weighted by atomic mass is 10.2. The summed E-state index contributed by atoms with van der Waals surface area (Å²) in [6, 6.07) is 16.5. The van der Waals surface area contributed by atoms with Crippen LogP contribution in [0.2, 0.25) is 10.0 Å². The van der Waals surface area contributed by atoms with Crippen LogP contribution in [0.5, 0.6) is 0 Å². The Labute approximate surface area is 204 Å². The molecule has 1 saturated heterocycles. The Morgan fingerprint density at radius 1 is 0.970 bits per heavy atom. The number of carbonyl (C=O) groups excluding carboxylic acids is 2. The molecule has 2 aromatic carbocycles. The van der Waals surface area contributed by atoms with Crippen LogP contribution >= 0.6 is 34.5 Å². The number of anilines is 2. The molecule has 5 rings (SSSR count). The summed E-state index contributed by atoms with van der Waals surface area (Å²) in [7, 11) is 0. The second kappa shape index (κ2) is 9.09. The van der Waals surface area contributed by atoms with Crippen molar-refractivity contribution in [2.75, 3.05) is 36.4 Å². The summed E-state index contributed by atoms with van der Waals surface area (Å²) in [5.74, 6) is -0.0286. The van der Waals surface area contributed by atoms with Gasteiger partial charge < -0.3 is 19.5 Å². The van der Waals surface area contributed by atoms with Gasteiger partial charge in [0, 0.05) is 42.0 Å². The van der Waals surface area contributed by atoms with Crippen LogP contribution in [0.4, 0.5) is 11.4 Å². The van der Waals surface area contributed by atoms with Crippen LogP contribution in [0.1, 0.15) is 20.2 Å². The van der Waals surface area contributed by atoms with Gasteiger partial charge >= 0.3 is 0 Å². The molecule has 1 aliphatic rings. The minimum atomic E-state index is -0.268. The summed E-state index contributed by atoms with van der Waals surface area (Å²) in [4.78, 5) is 29.6. The lowest BCUT2D eigenvalue weighted by molar-refractivity contribution is 0.0714. The van der Waals surface area contributed by atoms with Gasteiger partial charge in [-0.2, -0.15) is 0 Å². The van der Waals surface area contributed by atoms with Crippen molar-refractivity contribution < 1.29 is 14.0 Å². The number of carbonyl (C=O) groups is 2. The van der Waals surface area contributed by atoms with E-state index in [-0.39, 0.29) is 11.8 Å². The van der Waals surface area contributed by atoms with Crippen molar-refractivity contribution in [2.45, 2.75) is 0 Å². The predicted octanol–water partition coefficient (Wildman–Crippen LogP) is 6.02. The molecule has 0 spiro atoms. The van der Waals surface area contributed by atoms with Crippen LogP contribution in [-0.2, 0) is 0 Å². The highest BCUT2D eigenvalue weighted by Gasteiger charge is 2.25. The highest BCUT2D eigenvalue weighted by Crippen LogP contribution is 2.36. The highest BCUT2D eigenvalue weighted by atomic mass is 35.5. The van der Waals surface area contributed by atoms with Crippen LogP contribution in [0.3, 0.4) is 0 Å². The fourth-order valence-corrected chi connectivity index (χ4v) is 5.61. The number of nitrogens with zero attached hydrogens (tertiary/aromatic N) is 2. The normalized spacial score (nSPS) is 14.0. The number of hydrogen-bond donors (Lipinski definition) is 1. The van der Waals surface area contributed by atoms with E-state index in [1.54, 1.807) is 23.1 Å². The first-order chi connectivity index (χ1) is 16.0. The molecule has 2 aromatic heterocycles. The molecule has 168 valence electrons. The Morgan fingerprint density at radius 2 is 1.76 bits per heavy atom. The van der Waals surface area contributed by atoms with Gasteiger partial charge in [0.05, 0.1) is 22.0 Å². The smallest absolute Gasteiger partial charge is 0.289 e. The molecule has 0 atom stereocenters. The Bertz CT molecular complexity index is 1330. The molecule has 33 heavy (non-hydrogen) atoms. The molecule has 1 aliphatic heterocycles. The lowest BCUT2D eigenvalue weighted by Crippen LogP contribution is -2.48. The number of furan rings is 1. The zero-order chi connectivity index (χ0) is 22.9. The molecular formula is C24H19Cl2N3O3S. The quantitative estimate of drug-likeness (QED) is 0.373. The van der Waals surface area contributed by atoms with Gasteiger partial charge in [-0.05, 0) is 36.4 Å². The summed E-state index contributed by atoms with van der Waals surface area (Å²) in [6.07, 6.45) is 1.50. The molecule has 4 aromatic rings. The number of nitrogens with one attached hydrogen (secondary N) is 1. The highest BCUT2D eigenvalue weighted by molar-refractivity contribution is 7.21. The molecule has 2 amide bonds. The molecule has 0 aliphatic carbocycles. The number of halogens is 2. The van der Waals surface area contributed by atoms with Gasteiger partial charge in [0.2, 0.25) is 0 Å². The van der Waals surface area contributed by atoms with E-state index < -0.39 is 0 Å². The lowest BCUT2D eigenvalue weighted by Gasteiger charge is -2.36. The predicted molar refractivity (Wildman–Crippen MR) is 133 cm³/mol. The number of fused-ring (bicyclic) bond motifs is 1. The second-order valence-corrected chi connectivity index (χ2v) is 9.46. The van der Waals surface area contributed by atoms with E-state index in [0.717, 1.165) is 15.8 Å². The number of thiophene rings is 1. The molecule has 1 N–H and O–H groups in total. The minimum Gasteiger partial charge on any atom is -0.459 e. The molecule has 0 radical (unpaired) electrons. The van der Waals surface area contributed by atoms with E-state index >= 15 is 0 Å². The number of hydrogen-bond acceptors (Lipinski definition) is 5. The third-order valence-corrected chi connectivity index (χ3v) is 7.56. The molecule has 6 nitrogen and oxygen atoms in total. The van der Waals surface area contributed by atoms with Crippen LogP contribution in [0.25, 0.3) is 10.1 Å². The van der Waals surface area contributed by atoms with Gasteiger partial charge in [-0.3, -0.25) is 9.59 Å². The summed E-state index contributed by atoms with van der Waals surface area (Å²) in [5.41, 5.74) is 1.45. The van der Waals surface area contributed by atoms with Crippen molar-refractivity contribution in [3.63, 3.8) is 0 Å². The van der Waals surface area contributed by atoms with Crippen molar-refractivity contribution in [3.05, 3.63) is 81.5 Å². The minimum absolute atomic E-state index is 0.108. The van der Waals surface area contributed by atoms with E-state index in [1.165, 1.54) is 17.6 Å². The Morgan fingerprint density at radius 3 is 2.45 bits per heavy atom. The van der Waals surface area contributed by atoms with E-state index in [4.69, 9.17) is 27.6 Å². The zero-order valence-electron chi connectivity index (χ0n) is 17.4. The van der Waals surface area contributed by atoms with Crippen molar-refractivity contribution in [3.8, 4) is 0 Å². The summed E-state index contributed by atoms with van der Waals surface area (Å²) in [5, 5.41) is 4.74.